The van der Waals surface area contributed by atoms with E-state index in [4.69, 9.17) is 16.7 Å². The van der Waals surface area contributed by atoms with Gasteiger partial charge < -0.3 is 0 Å². The second-order valence-corrected chi connectivity index (χ2v) is 6.81. The van der Waals surface area contributed by atoms with Crippen molar-refractivity contribution in [3.8, 4) is 0 Å². The molecule has 2 rings (SSSR count). The van der Waals surface area contributed by atoms with Crippen molar-refractivity contribution in [2.45, 2.75) is 65.3 Å². The number of aromatic nitrogens is 2. The molecule has 2 nitrogen and oxygen atoms in total. The third-order valence-corrected chi connectivity index (χ3v) is 5.92. The van der Waals surface area contributed by atoms with E-state index < -0.39 is 0 Å². The van der Waals surface area contributed by atoms with E-state index in [1.807, 2.05) is 0 Å². The van der Waals surface area contributed by atoms with Gasteiger partial charge in [0.2, 0.25) is 0 Å². The molecular weight excluding hydrogens is 324 g/mol. The van der Waals surface area contributed by atoms with Gasteiger partial charge in [-0.25, -0.2) is 0 Å². The zero-order chi connectivity index (χ0) is 13.9. The van der Waals surface area contributed by atoms with Gasteiger partial charge in [-0.1, -0.05) is 26.2 Å². The smallest absolute Gasteiger partial charge is 0.0766 e. The Bertz CT molecular complexity index is 422. The van der Waals surface area contributed by atoms with Crippen molar-refractivity contribution in [1.29, 1.82) is 0 Å². The van der Waals surface area contributed by atoms with E-state index in [9.17, 15) is 0 Å². The Morgan fingerprint density at radius 2 is 1.95 bits per heavy atom. The summed E-state index contributed by atoms with van der Waals surface area (Å²) in [6.07, 6.45) is 8.59. The summed E-state index contributed by atoms with van der Waals surface area (Å²) in [5.41, 5.74) is 2.82. The van der Waals surface area contributed by atoms with Crippen molar-refractivity contribution in [3.63, 3.8) is 0 Å². The zero-order valence-electron chi connectivity index (χ0n) is 12.0. The highest BCUT2D eigenvalue weighted by atomic mass is 79.9. The maximum atomic E-state index is 6.33. The predicted octanol–water partition coefficient (Wildman–Crippen LogP) is 4.96. The molecule has 0 atom stereocenters. The third-order valence-electron chi connectivity index (χ3n) is 4.43. The Labute approximate surface area is 130 Å². The summed E-state index contributed by atoms with van der Waals surface area (Å²) >= 11 is 10.1. The first kappa shape index (κ1) is 15.4. The molecule has 1 fully saturated rings. The first-order chi connectivity index (χ1) is 9.15. The van der Waals surface area contributed by atoms with E-state index in [-0.39, 0.29) is 0 Å². The van der Waals surface area contributed by atoms with Gasteiger partial charge in [0, 0.05) is 12.4 Å². The highest BCUT2D eigenvalue weighted by Gasteiger charge is 2.33. The quantitative estimate of drug-likeness (QED) is 0.688. The number of aryl methyl sites for hydroxylation is 2. The van der Waals surface area contributed by atoms with Crippen LogP contribution in [0.1, 0.15) is 57.3 Å². The van der Waals surface area contributed by atoms with Crippen LogP contribution in [-0.2, 0) is 19.4 Å². The van der Waals surface area contributed by atoms with Crippen LogP contribution in [-0.4, -0.2) is 15.7 Å². The summed E-state index contributed by atoms with van der Waals surface area (Å²) in [5, 5.41) is 4.70. The topological polar surface area (TPSA) is 17.8 Å². The lowest BCUT2D eigenvalue weighted by atomic mass is 9.72. The van der Waals surface area contributed by atoms with Gasteiger partial charge in [0.15, 0.2) is 0 Å². The number of halogens is 2. The molecule has 1 heterocycles. The number of alkyl halides is 1. The normalized spacial score (nSPS) is 18.7. The van der Waals surface area contributed by atoms with E-state index >= 15 is 0 Å². The summed E-state index contributed by atoms with van der Waals surface area (Å²) in [4.78, 5) is 0. The highest BCUT2D eigenvalue weighted by Crippen LogP contribution is 2.41. The van der Waals surface area contributed by atoms with Gasteiger partial charge in [0.05, 0.1) is 15.9 Å². The average molecular weight is 348 g/mol. The van der Waals surface area contributed by atoms with Gasteiger partial charge >= 0.3 is 0 Å². The first-order valence-corrected chi connectivity index (χ1v) is 8.78. The third kappa shape index (κ3) is 3.18. The largest absolute Gasteiger partial charge is 0.268 e. The lowest BCUT2D eigenvalue weighted by Crippen LogP contribution is -2.30. The Kier molecular flexibility index (Phi) is 5.36. The van der Waals surface area contributed by atoms with Crippen LogP contribution < -0.4 is 0 Å². The minimum Gasteiger partial charge on any atom is -0.268 e. The van der Waals surface area contributed by atoms with Crippen LogP contribution in [0.4, 0.5) is 0 Å². The second kappa shape index (κ2) is 6.62. The van der Waals surface area contributed by atoms with Crippen LogP contribution in [0.5, 0.6) is 0 Å². The minimum absolute atomic E-state index is 0.292. The Balaban J connectivity index is 2.28. The standard InChI is InChI=1S/C15H24BrClN2/c1-3-12-14(16)13(19(4-2)18-12)10-15(11-17)8-6-5-7-9-15/h3-11H2,1-2H3. The monoisotopic (exact) mass is 346 g/mol. The summed E-state index contributed by atoms with van der Waals surface area (Å²) in [6.45, 7) is 5.26. The van der Waals surface area contributed by atoms with Crippen molar-refractivity contribution in [3.05, 3.63) is 15.9 Å². The Morgan fingerprint density at radius 1 is 1.26 bits per heavy atom. The molecule has 0 spiro atoms. The number of rotatable bonds is 5. The molecule has 19 heavy (non-hydrogen) atoms. The van der Waals surface area contributed by atoms with Gasteiger partial charge in [-0.2, -0.15) is 5.10 Å². The average Bonchev–Trinajstić information content (AvgIpc) is 2.76. The van der Waals surface area contributed by atoms with Gasteiger partial charge in [-0.3, -0.25) is 4.68 Å². The van der Waals surface area contributed by atoms with E-state index in [0.717, 1.165) is 25.3 Å². The molecule has 0 radical (unpaired) electrons. The SMILES string of the molecule is CCc1nn(CC)c(CC2(CCl)CCCCC2)c1Br. The van der Waals surface area contributed by atoms with E-state index in [2.05, 4.69) is 34.5 Å². The molecule has 0 N–H and O–H groups in total. The molecule has 1 aromatic rings. The predicted molar refractivity (Wildman–Crippen MR) is 84.9 cm³/mol. The Morgan fingerprint density at radius 3 is 2.47 bits per heavy atom. The summed E-state index contributed by atoms with van der Waals surface area (Å²) < 4.78 is 3.37. The van der Waals surface area contributed by atoms with Crippen LogP contribution in [0.25, 0.3) is 0 Å². The Hall–Kier alpha value is -0.0200. The summed E-state index contributed by atoms with van der Waals surface area (Å²) in [5.74, 6) is 0.774. The maximum Gasteiger partial charge on any atom is 0.0766 e. The maximum absolute atomic E-state index is 6.33. The van der Waals surface area contributed by atoms with E-state index in [0.29, 0.717) is 5.41 Å². The minimum atomic E-state index is 0.292. The molecule has 0 saturated heterocycles. The molecule has 1 aromatic heterocycles. The summed E-state index contributed by atoms with van der Waals surface area (Å²) in [6, 6.07) is 0. The molecule has 1 aliphatic carbocycles. The lowest BCUT2D eigenvalue weighted by molar-refractivity contribution is 0.214. The number of hydrogen-bond donors (Lipinski definition) is 0. The summed E-state index contributed by atoms with van der Waals surface area (Å²) in [7, 11) is 0. The molecule has 1 saturated carbocycles. The number of nitrogens with zero attached hydrogens (tertiary/aromatic N) is 2. The van der Waals surface area contributed by atoms with Gasteiger partial charge in [0.1, 0.15) is 0 Å². The van der Waals surface area contributed by atoms with E-state index in [1.165, 1.54) is 48.0 Å². The van der Waals surface area contributed by atoms with Crippen molar-refractivity contribution in [1.82, 2.24) is 9.78 Å². The molecular formula is C15H24BrClN2. The fraction of sp³-hybridized carbons (Fsp3) is 0.800. The fourth-order valence-electron chi connectivity index (χ4n) is 3.20. The van der Waals surface area contributed by atoms with Gasteiger partial charge in [-0.15, -0.1) is 11.6 Å². The molecule has 4 heteroatoms. The molecule has 1 aliphatic rings. The van der Waals surface area contributed by atoms with Crippen molar-refractivity contribution in [2.75, 3.05) is 5.88 Å². The van der Waals surface area contributed by atoms with Crippen LogP contribution >= 0.6 is 27.5 Å². The van der Waals surface area contributed by atoms with Crippen molar-refractivity contribution in [2.24, 2.45) is 5.41 Å². The van der Waals surface area contributed by atoms with Crippen LogP contribution in [0.2, 0.25) is 0 Å². The second-order valence-electron chi connectivity index (χ2n) is 5.75. The number of hydrogen-bond acceptors (Lipinski definition) is 1. The highest BCUT2D eigenvalue weighted by molar-refractivity contribution is 9.10. The first-order valence-electron chi connectivity index (χ1n) is 7.46. The van der Waals surface area contributed by atoms with E-state index in [1.54, 1.807) is 0 Å². The lowest BCUT2D eigenvalue weighted by Gasteiger charge is -2.35. The van der Waals surface area contributed by atoms with Gasteiger partial charge in [0.25, 0.3) is 0 Å². The molecule has 0 aromatic carbocycles. The van der Waals surface area contributed by atoms with Crippen LogP contribution in [0, 0.1) is 5.41 Å². The fourth-order valence-corrected chi connectivity index (χ4v) is 4.27. The van der Waals surface area contributed by atoms with Crippen LogP contribution in [0.3, 0.4) is 0 Å². The zero-order valence-corrected chi connectivity index (χ0v) is 14.4. The van der Waals surface area contributed by atoms with Crippen molar-refractivity contribution < 1.29 is 0 Å². The van der Waals surface area contributed by atoms with Crippen molar-refractivity contribution >= 4 is 27.5 Å². The molecule has 0 amide bonds. The van der Waals surface area contributed by atoms with Gasteiger partial charge in [-0.05, 0) is 54.0 Å². The molecule has 0 unspecified atom stereocenters. The molecule has 0 bridgehead atoms. The molecule has 108 valence electrons. The molecule has 0 aliphatic heterocycles. The van der Waals surface area contributed by atoms with Crippen LogP contribution in [0.15, 0.2) is 4.47 Å².